The van der Waals surface area contributed by atoms with Crippen LogP contribution in [-0.4, -0.2) is 22.7 Å². The lowest BCUT2D eigenvalue weighted by molar-refractivity contribution is 0.0528. The minimum Gasteiger partial charge on any atom is -0.462 e. The Morgan fingerprint density at radius 1 is 1.14 bits per heavy atom. The SMILES string of the molecule is CCOC(=O)c1cc(Cc2ccccc2)sc1NC(=S)Nc1cc(C)cc(C)n1. The van der Waals surface area contributed by atoms with Gasteiger partial charge in [0.1, 0.15) is 10.8 Å². The lowest BCUT2D eigenvalue weighted by atomic mass is 10.1. The highest BCUT2D eigenvalue weighted by Gasteiger charge is 2.18. The number of carbonyl (C=O) groups is 1. The fraction of sp³-hybridized carbons (Fsp3) is 0.227. The highest BCUT2D eigenvalue weighted by molar-refractivity contribution is 7.80. The molecule has 0 aliphatic rings. The van der Waals surface area contributed by atoms with Gasteiger partial charge in [-0.2, -0.15) is 0 Å². The average Bonchev–Trinajstić information content (AvgIpc) is 3.04. The summed E-state index contributed by atoms with van der Waals surface area (Å²) in [5, 5.41) is 7.27. The highest BCUT2D eigenvalue weighted by Crippen LogP contribution is 2.31. The van der Waals surface area contributed by atoms with E-state index in [2.05, 4.69) is 27.8 Å². The molecule has 0 spiro atoms. The zero-order valence-electron chi connectivity index (χ0n) is 16.6. The van der Waals surface area contributed by atoms with E-state index < -0.39 is 0 Å². The first-order chi connectivity index (χ1) is 13.9. The molecule has 3 rings (SSSR count). The lowest BCUT2D eigenvalue weighted by Crippen LogP contribution is -2.21. The van der Waals surface area contributed by atoms with Gasteiger partial charge in [0, 0.05) is 17.0 Å². The van der Waals surface area contributed by atoms with E-state index >= 15 is 0 Å². The minimum absolute atomic E-state index is 0.317. The zero-order valence-corrected chi connectivity index (χ0v) is 18.2. The molecule has 2 heterocycles. The summed E-state index contributed by atoms with van der Waals surface area (Å²) >= 11 is 6.94. The molecule has 0 saturated heterocycles. The number of aryl methyl sites for hydroxylation is 2. The molecule has 0 aliphatic heterocycles. The van der Waals surface area contributed by atoms with Crippen molar-refractivity contribution in [3.63, 3.8) is 0 Å². The third-order valence-corrected chi connectivity index (χ3v) is 5.32. The van der Waals surface area contributed by atoms with Crippen LogP contribution in [0.2, 0.25) is 0 Å². The maximum absolute atomic E-state index is 12.4. The molecule has 7 heteroatoms. The summed E-state index contributed by atoms with van der Waals surface area (Å²) in [5.74, 6) is 0.302. The Labute approximate surface area is 180 Å². The monoisotopic (exact) mass is 425 g/mol. The third kappa shape index (κ3) is 5.85. The first kappa shape index (κ1) is 21.0. The second-order valence-electron chi connectivity index (χ2n) is 6.59. The van der Waals surface area contributed by atoms with Gasteiger partial charge in [0.05, 0.1) is 12.2 Å². The summed E-state index contributed by atoms with van der Waals surface area (Å²) in [6, 6.07) is 15.9. The van der Waals surface area contributed by atoms with Crippen molar-refractivity contribution < 1.29 is 9.53 Å². The van der Waals surface area contributed by atoms with Crippen LogP contribution in [0.1, 0.15) is 39.0 Å². The fourth-order valence-corrected chi connectivity index (χ4v) is 4.29. The molecule has 2 aromatic heterocycles. The molecule has 0 amide bonds. The Morgan fingerprint density at radius 2 is 1.90 bits per heavy atom. The van der Waals surface area contributed by atoms with Crippen LogP contribution in [0.25, 0.3) is 0 Å². The van der Waals surface area contributed by atoms with Gasteiger partial charge in [-0.05, 0) is 62.3 Å². The molecule has 3 aromatic rings. The van der Waals surface area contributed by atoms with Crippen LogP contribution >= 0.6 is 23.6 Å². The summed E-state index contributed by atoms with van der Waals surface area (Å²) < 4.78 is 5.22. The molecule has 0 atom stereocenters. The molecule has 0 aliphatic carbocycles. The van der Waals surface area contributed by atoms with Gasteiger partial charge in [0.15, 0.2) is 5.11 Å². The van der Waals surface area contributed by atoms with E-state index in [4.69, 9.17) is 17.0 Å². The molecule has 5 nitrogen and oxygen atoms in total. The van der Waals surface area contributed by atoms with Crippen LogP contribution in [0.15, 0.2) is 48.5 Å². The Kier molecular flexibility index (Phi) is 6.95. The van der Waals surface area contributed by atoms with Crippen molar-refractivity contribution in [3.05, 3.63) is 75.8 Å². The van der Waals surface area contributed by atoms with Crippen LogP contribution in [0.3, 0.4) is 0 Å². The van der Waals surface area contributed by atoms with Crippen molar-refractivity contribution >= 4 is 45.5 Å². The average molecular weight is 426 g/mol. The Morgan fingerprint density at radius 3 is 2.59 bits per heavy atom. The third-order valence-electron chi connectivity index (χ3n) is 4.07. The number of nitrogens with zero attached hydrogens (tertiary/aromatic N) is 1. The summed E-state index contributed by atoms with van der Waals surface area (Å²) in [6.07, 6.45) is 0.735. The van der Waals surface area contributed by atoms with E-state index in [1.807, 2.05) is 50.2 Å². The topological polar surface area (TPSA) is 63.2 Å². The number of esters is 1. The van der Waals surface area contributed by atoms with E-state index in [-0.39, 0.29) is 5.97 Å². The number of aromatic nitrogens is 1. The Hall–Kier alpha value is -2.77. The van der Waals surface area contributed by atoms with E-state index in [0.717, 1.165) is 22.6 Å². The van der Waals surface area contributed by atoms with Crippen molar-refractivity contribution in [1.29, 1.82) is 0 Å². The molecule has 0 radical (unpaired) electrons. The van der Waals surface area contributed by atoms with Crippen molar-refractivity contribution in [2.45, 2.75) is 27.2 Å². The number of pyridine rings is 1. The van der Waals surface area contributed by atoms with E-state index in [0.29, 0.717) is 28.1 Å². The van der Waals surface area contributed by atoms with Gasteiger partial charge in [-0.25, -0.2) is 9.78 Å². The first-order valence-electron chi connectivity index (χ1n) is 9.31. The van der Waals surface area contributed by atoms with Crippen LogP contribution in [0.5, 0.6) is 0 Å². The molecule has 1 aromatic carbocycles. The van der Waals surface area contributed by atoms with Gasteiger partial charge in [-0.3, -0.25) is 0 Å². The summed E-state index contributed by atoms with van der Waals surface area (Å²) in [7, 11) is 0. The number of thiocarbonyl (C=S) groups is 1. The summed E-state index contributed by atoms with van der Waals surface area (Å²) in [4.78, 5) is 17.9. The molecule has 0 bridgehead atoms. The number of thiophene rings is 1. The molecular formula is C22H23N3O2S2. The highest BCUT2D eigenvalue weighted by atomic mass is 32.1. The smallest absolute Gasteiger partial charge is 0.341 e. The Bertz CT molecular complexity index is 996. The maximum Gasteiger partial charge on any atom is 0.341 e. The first-order valence-corrected chi connectivity index (χ1v) is 10.5. The standard InChI is InChI=1S/C22H23N3O2S2/c1-4-27-21(26)18-13-17(12-16-8-6-5-7-9-16)29-20(18)25-22(28)24-19-11-14(2)10-15(3)23-19/h5-11,13H,4,12H2,1-3H3,(H2,23,24,25,28). The van der Waals surface area contributed by atoms with Crippen LogP contribution in [0, 0.1) is 13.8 Å². The number of nitrogens with one attached hydrogen (secondary N) is 2. The second-order valence-corrected chi connectivity index (χ2v) is 8.13. The number of rotatable bonds is 6. The van der Waals surface area contributed by atoms with Gasteiger partial charge in [-0.1, -0.05) is 30.3 Å². The molecule has 0 unspecified atom stereocenters. The van der Waals surface area contributed by atoms with Crippen molar-refractivity contribution in [1.82, 2.24) is 4.98 Å². The minimum atomic E-state index is -0.363. The van der Waals surface area contributed by atoms with Crippen LogP contribution in [-0.2, 0) is 11.2 Å². The largest absolute Gasteiger partial charge is 0.462 e. The molecule has 0 fully saturated rings. The molecule has 2 N–H and O–H groups in total. The van der Waals surface area contributed by atoms with Crippen molar-refractivity contribution in [2.24, 2.45) is 0 Å². The van der Waals surface area contributed by atoms with Gasteiger partial charge in [0.2, 0.25) is 0 Å². The van der Waals surface area contributed by atoms with E-state index in [9.17, 15) is 4.79 Å². The molecule has 29 heavy (non-hydrogen) atoms. The van der Waals surface area contributed by atoms with E-state index in [1.165, 1.54) is 16.9 Å². The molecule has 0 saturated carbocycles. The predicted octanol–water partition coefficient (Wildman–Crippen LogP) is 5.34. The van der Waals surface area contributed by atoms with Gasteiger partial charge in [0.25, 0.3) is 0 Å². The number of hydrogen-bond donors (Lipinski definition) is 2. The lowest BCUT2D eigenvalue weighted by Gasteiger charge is -2.11. The maximum atomic E-state index is 12.4. The van der Waals surface area contributed by atoms with Gasteiger partial charge >= 0.3 is 5.97 Å². The second kappa shape index (κ2) is 9.62. The fourth-order valence-electron chi connectivity index (χ4n) is 2.94. The van der Waals surface area contributed by atoms with Crippen LogP contribution < -0.4 is 10.6 Å². The summed E-state index contributed by atoms with van der Waals surface area (Å²) in [5.41, 5.74) is 3.66. The van der Waals surface area contributed by atoms with Crippen molar-refractivity contribution in [2.75, 3.05) is 17.2 Å². The normalized spacial score (nSPS) is 10.4. The van der Waals surface area contributed by atoms with Gasteiger partial charge < -0.3 is 15.4 Å². The predicted molar refractivity (Wildman–Crippen MR) is 123 cm³/mol. The number of ether oxygens (including phenoxy) is 1. The molecule has 150 valence electrons. The number of benzene rings is 1. The van der Waals surface area contributed by atoms with E-state index in [1.54, 1.807) is 6.92 Å². The number of carbonyl (C=O) groups excluding carboxylic acids is 1. The van der Waals surface area contributed by atoms with Gasteiger partial charge in [-0.15, -0.1) is 11.3 Å². The number of anilines is 2. The van der Waals surface area contributed by atoms with Crippen LogP contribution in [0.4, 0.5) is 10.8 Å². The Balaban J connectivity index is 1.80. The quantitative estimate of drug-likeness (QED) is 0.411. The molecular weight excluding hydrogens is 402 g/mol. The number of hydrogen-bond acceptors (Lipinski definition) is 5. The zero-order chi connectivity index (χ0) is 20.8. The van der Waals surface area contributed by atoms with Crippen molar-refractivity contribution in [3.8, 4) is 0 Å². The summed E-state index contributed by atoms with van der Waals surface area (Å²) in [6.45, 7) is 6.05.